The lowest BCUT2D eigenvalue weighted by molar-refractivity contribution is 0.0689. The number of hydrogen-bond donors (Lipinski definition) is 2. The highest BCUT2D eigenvalue weighted by Crippen LogP contribution is 2.25. The molecule has 20 heavy (non-hydrogen) atoms. The number of aromatic carboxylic acids is 1. The summed E-state index contributed by atoms with van der Waals surface area (Å²) in [4.78, 5) is 11.1. The van der Waals surface area contributed by atoms with Gasteiger partial charge in [-0.25, -0.2) is 9.48 Å². The average Bonchev–Trinajstić information content (AvgIpc) is 2.78. The van der Waals surface area contributed by atoms with Crippen LogP contribution >= 0.6 is 23.2 Å². The van der Waals surface area contributed by atoms with Crippen molar-refractivity contribution in [3.63, 3.8) is 0 Å². The van der Waals surface area contributed by atoms with Gasteiger partial charge in [-0.3, -0.25) is 0 Å². The molecule has 0 aliphatic rings. The van der Waals surface area contributed by atoms with Gasteiger partial charge in [0, 0.05) is 22.0 Å². The van der Waals surface area contributed by atoms with Gasteiger partial charge in [0.1, 0.15) is 0 Å². The van der Waals surface area contributed by atoms with Gasteiger partial charge in [0.25, 0.3) is 0 Å². The van der Waals surface area contributed by atoms with Gasteiger partial charge >= 0.3 is 5.97 Å². The molecule has 0 spiro atoms. The van der Waals surface area contributed by atoms with E-state index >= 15 is 0 Å². The maximum Gasteiger partial charge on any atom is 0.358 e. The highest BCUT2D eigenvalue weighted by molar-refractivity contribution is 6.35. The average molecular weight is 315 g/mol. The summed E-state index contributed by atoms with van der Waals surface area (Å²) in [5.41, 5.74) is 6.52. The van der Waals surface area contributed by atoms with Crippen LogP contribution in [0.2, 0.25) is 10.0 Å². The molecule has 0 unspecified atom stereocenters. The first-order chi connectivity index (χ1) is 9.54. The first-order valence-electron chi connectivity index (χ1n) is 5.83. The fourth-order valence-corrected chi connectivity index (χ4v) is 2.36. The molecule has 0 bridgehead atoms. The van der Waals surface area contributed by atoms with Crippen molar-refractivity contribution >= 4 is 29.2 Å². The monoisotopic (exact) mass is 314 g/mol. The number of carboxylic acids is 1. The number of hydrogen-bond acceptors (Lipinski definition) is 4. The molecule has 0 radical (unpaired) electrons. The summed E-state index contributed by atoms with van der Waals surface area (Å²) in [7, 11) is 0. The molecule has 1 heterocycles. The van der Waals surface area contributed by atoms with Crippen molar-refractivity contribution in [1.82, 2.24) is 15.0 Å². The largest absolute Gasteiger partial charge is 0.476 e. The van der Waals surface area contributed by atoms with E-state index in [1.54, 1.807) is 18.2 Å². The summed E-state index contributed by atoms with van der Waals surface area (Å²) in [5.74, 6) is -1.13. The van der Waals surface area contributed by atoms with Crippen LogP contribution in [0.25, 0.3) is 0 Å². The number of nitrogens with zero attached hydrogens (tertiary/aromatic N) is 3. The third-order valence-electron chi connectivity index (χ3n) is 2.79. The van der Waals surface area contributed by atoms with E-state index in [9.17, 15) is 4.79 Å². The van der Waals surface area contributed by atoms with E-state index in [2.05, 4.69) is 10.3 Å². The molecular formula is C12H12Cl2N4O2. The van der Waals surface area contributed by atoms with Crippen LogP contribution in [-0.2, 0) is 13.0 Å². The van der Waals surface area contributed by atoms with Crippen LogP contribution in [0.3, 0.4) is 0 Å². The summed E-state index contributed by atoms with van der Waals surface area (Å²) in [6.07, 6.45) is 0.358. The Balaban J connectivity index is 2.41. The predicted molar refractivity (Wildman–Crippen MR) is 75.3 cm³/mol. The molecule has 1 aromatic heterocycles. The van der Waals surface area contributed by atoms with Crippen molar-refractivity contribution in [3.05, 3.63) is 45.2 Å². The zero-order valence-corrected chi connectivity index (χ0v) is 11.9. The summed E-state index contributed by atoms with van der Waals surface area (Å²) in [6, 6.07) is 5.15. The molecule has 6 nitrogen and oxygen atoms in total. The smallest absolute Gasteiger partial charge is 0.358 e. The van der Waals surface area contributed by atoms with E-state index in [-0.39, 0.29) is 12.2 Å². The first-order valence-corrected chi connectivity index (χ1v) is 6.58. The summed E-state index contributed by atoms with van der Waals surface area (Å²) >= 11 is 12.2. The third kappa shape index (κ3) is 2.92. The van der Waals surface area contributed by atoms with Gasteiger partial charge in [-0.2, -0.15) is 0 Å². The van der Waals surface area contributed by atoms with Gasteiger partial charge in [-0.1, -0.05) is 34.5 Å². The van der Waals surface area contributed by atoms with Gasteiger partial charge in [0.05, 0.1) is 12.2 Å². The van der Waals surface area contributed by atoms with Crippen LogP contribution in [0.1, 0.15) is 21.7 Å². The fourth-order valence-electron chi connectivity index (χ4n) is 1.84. The zero-order valence-electron chi connectivity index (χ0n) is 10.4. The van der Waals surface area contributed by atoms with Gasteiger partial charge in [0.2, 0.25) is 0 Å². The normalized spacial score (nSPS) is 10.8. The van der Waals surface area contributed by atoms with Crippen molar-refractivity contribution < 1.29 is 9.90 Å². The Morgan fingerprint density at radius 1 is 1.35 bits per heavy atom. The van der Waals surface area contributed by atoms with E-state index in [0.717, 1.165) is 0 Å². The number of rotatable bonds is 5. The summed E-state index contributed by atoms with van der Waals surface area (Å²) in [5, 5.41) is 17.6. The van der Waals surface area contributed by atoms with E-state index in [1.165, 1.54) is 4.68 Å². The molecule has 0 atom stereocenters. The van der Waals surface area contributed by atoms with Crippen molar-refractivity contribution in [1.29, 1.82) is 0 Å². The minimum atomic E-state index is -1.13. The van der Waals surface area contributed by atoms with Crippen molar-refractivity contribution in [2.45, 2.75) is 13.0 Å². The molecule has 0 aliphatic heterocycles. The highest BCUT2D eigenvalue weighted by atomic mass is 35.5. The van der Waals surface area contributed by atoms with Crippen LogP contribution in [0.4, 0.5) is 0 Å². The molecule has 3 N–H and O–H groups in total. The Hall–Kier alpha value is -1.63. The molecule has 2 aromatic rings. The standard InChI is InChI=1S/C12H12Cl2N4O2/c13-8-2-1-3-9(14)7(8)6-18-10(4-5-15)11(12(19)20)16-17-18/h1-3H,4-6,15H2,(H,19,20). The quantitative estimate of drug-likeness (QED) is 0.878. The van der Waals surface area contributed by atoms with Crippen molar-refractivity contribution in [2.75, 3.05) is 6.54 Å². The minimum Gasteiger partial charge on any atom is -0.476 e. The van der Waals surface area contributed by atoms with Crippen LogP contribution in [0.15, 0.2) is 18.2 Å². The summed E-state index contributed by atoms with van der Waals surface area (Å²) < 4.78 is 1.46. The SMILES string of the molecule is NCCc1c(C(=O)O)nnn1Cc1c(Cl)cccc1Cl. The fraction of sp³-hybridized carbons (Fsp3) is 0.250. The van der Waals surface area contributed by atoms with E-state index in [4.69, 9.17) is 34.0 Å². The van der Waals surface area contributed by atoms with E-state index in [1.807, 2.05) is 0 Å². The summed E-state index contributed by atoms with van der Waals surface area (Å²) in [6.45, 7) is 0.540. The van der Waals surface area contributed by atoms with Crippen molar-refractivity contribution in [3.8, 4) is 0 Å². The van der Waals surface area contributed by atoms with Crippen LogP contribution in [0, 0.1) is 0 Å². The Morgan fingerprint density at radius 3 is 2.55 bits per heavy atom. The minimum absolute atomic E-state index is 0.0985. The molecule has 106 valence electrons. The molecule has 0 saturated heterocycles. The highest BCUT2D eigenvalue weighted by Gasteiger charge is 2.19. The van der Waals surface area contributed by atoms with Gasteiger partial charge in [0.15, 0.2) is 5.69 Å². The van der Waals surface area contributed by atoms with Crippen LogP contribution in [0.5, 0.6) is 0 Å². The van der Waals surface area contributed by atoms with Gasteiger partial charge < -0.3 is 10.8 Å². The molecular weight excluding hydrogens is 303 g/mol. The lowest BCUT2D eigenvalue weighted by Crippen LogP contribution is -2.14. The van der Waals surface area contributed by atoms with E-state index in [0.29, 0.717) is 34.3 Å². The van der Waals surface area contributed by atoms with E-state index < -0.39 is 5.97 Å². The molecule has 0 saturated carbocycles. The maximum atomic E-state index is 11.1. The molecule has 2 rings (SSSR count). The van der Waals surface area contributed by atoms with Gasteiger partial charge in [-0.05, 0) is 18.7 Å². The Morgan fingerprint density at radius 2 is 2.00 bits per heavy atom. The van der Waals surface area contributed by atoms with Crippen LogP contribution in [-0.4, -0.2) is 32.6 Å². The predicted octanol–water partition coefficient (Wildman–Crippen LogP) is 1.83. The molecule has 0 aliphatic carbocycles. The zero-order chi connectivity index (χ0) is 14.7. The number of halogens is 2. The number of carboxylic acid groups (broad SMARTS) is 1. The number of benzene rings is 1. The second-order valence-electron chi connectivity index (χ2n) is 4.09. The first kappa shape index (κ1) is 14.8. The third-order valence-corrected chi connectivity index (χ3v) is 3.50. The lowest BCUT2D eigenvalue weighted by atomic mass is 10.2. The van der Waals surface area contributed by atoms with Gasteiger partial charge in [-0.15, -0.1) is 5.10 Å². The molecule has 1 aromatic carbocycles. The number of carbonyl (C=O) groups is 1. The molecule has 8 heteroatoms. The van der Waals surface area contributed by atoms with Crippen molar-refractivity contribution in [2.24, 2.45) is 5.73 Å². The van der Waals surface area contributed by atoms with Crippen LogP contribution < -0.4 is 5.73 Å². The second kappa shape index (κ2) is 6.21. The lowest BCUT2D eigenvalue weighted by Gasteiger charge is -2.09. The molecule has 0 amide bonds. The number of aromatic nitrogens is 3. The Labute approximate surface area is 125 Å². The Kier molecular flexibility index (Phi) is 4.59. The Bertz CT molecular complexity index is 622. The second-order valence-corrected chi connectivity index (χ2v) is 4.90. The molecule has 0 fully saturated rings. The topological polar surface area (TPSA) is 94.0 Å². The maximum absolute atomic E-state index is 11.1. The number of nitrogens with two attached hydrogens (primary N) is 1.